The number of nitrogens with zero attached hydrogens (tertiary/aromatic N) is 3. The molecule has 3 aromatic rings. The fourth-order valence-corrected chi connectivity index (χ4v) is 7.62. The molecule has 3 saturated heterocycles. The second kappa shape index (κ2) is 12.1. The zero-order valence-corrected chi connectivity index (χ0v) is 24.5. The molecule has 0 bridgehead atoms. The third-order valence-electron chi connectivity index (χ3n) is 9.20. The predicted octanol–water partition coefficient (Wildman–Crippen LogP) is 6.72. The molecule has 3 aliphatic heterocycles. The molecule has 8 heteroatoms. The first-order chi connectivity index (χ1) is 19.5. The van der Waals surface area contributed by atoms with Gasteiger partial charge in [0.25, 0.3) is 5.91 Å². The van der Waals surface area contributed by atoms with E-state index < -0.39 is 0 Å². The maximum atomic E-state index is 13.9. The van der Waals surface area contributed by atoms with Gasteiger partial charge in [-0.15, -0.1) is 0 Å². The summed E-state index contributed by atoms with van der Waals surface area (Å²) in [6.45, 7) is 5.59. The molecule has 4 heterocycles. The van der Waals surface area contributed by atoms with Gasteiger partial charge in [-0.3, -0.25) is 14.5 Å². The van der Waals surface area contributed by atoms with Gasteiger partial charge < -0.3 is 14.8 Å². The van der Waals surface area contributed by atoms with E-state index in [1.807, 2.05) is 46.2 Å². The SMILES string of the molecule is O=C(c1[nH]c2ccccc2c1CN1CCC(c2c(Cl)cccc2Cl)CC1)N1CCC(C(=O)N2CCCCC2)CC1. The van der Waals surface area contributed by atoms with E-state index in [0.717, 1.165) is 103 Å². The molecule has 0 atom stereocenters. The highest BCUT2D eigenvalue weighted by molar-refractivity contribution is 6.36. The molecule has 1 aromatic heterocycles. The van der Waals surface area contributed by atoms with E-state index in [4.69, 9.17) is 23.2 Å². The van der Waals surface area contributed by atoms with Crippen molar-refractivity contribution in [2.45, 2.75) is 57.4 Å². The smallest absolute Gasteiger partial charge is 0.270 e. The quantitative estimate of drug-likeness (QED) is 0.364. The standard InChI is InChI=1S/C32H38Cl2N4O2/c33-26-8-6-9-27(34)29(26)22-11-17-36(18-12-22)21-25-24-7-2-3-10-28(24)35-30(25)32(40)38-19-13-23(14-20-38)31(39)37-15-4-1-5-16-37/h2-3,6-10,22-23,35H,1,4-5,11-21H2. The van der Waals surface area contributed by atoms with Crippen molar-refractivity contribution in [3.63, 3.8) is 0 Å². The van der Waals surface area contributed by atoms with Crippen LogP contribution in [0.4, 0.5) is 0 Å². The Morgan fingerprint density at radius 3 is 2.15 bits per heavy atom. The lowest BCUT2D eigenvalue weighted by Crippen LogP contribution is -2.46. The maximum Gasteiger partial charge on any atom is 0.270 e. The number of aromatic amines is 1. The van der Waals surface area contributed by atoms with Crippen molar-refractivity contribution in [2.24, 2.45) is 5.92 Å². The molecule has 3 aliphatic rings. The van der Waals surface area contributed by atoms with E-state index in [1.54, 1.807) is 0 Å². The number of H-pyrrole nitrogens is 1. The van der Waals surface area contributed by atoms with E-state index in [0.29, 0.717) is 30.6 Å². The normalized spacial score (nSPS) is 19.9. The Kier molecular flexibility index (Phi) is 8.38. The van der Waals surface area contributed by atoms with E-state index in [9.17, 15) is 9.59 Å². The number of halogens is 2. The van der Waals surface area contributed by atoms with Gasteiger partial charge in [-0.1, -0.05) is 47.5 Å². The first-order valence-corrected chi connectivity index (χ1v) is 15.6. The van der Waals surface area contributed by atoms with Gasteiger partial charge in [0.15, 0.2) is 0 Å². The van der Waals surface area contributed by atoms with Crippen LogP contribution in [-0.4, -0.2) is 70.8 Å². The number of nitrogens with one attached hydrogen (secondary N) is 1. The first-order valence-electron chi connectivity index (χ1n) is 14.8. The van der Waals surface area contributed by atoms with Crippen LogP contribution in [-0.2, 0) is 11.3 Å². The van der Waals surface area contributed by atoms with Crippen LogP contribution in [0.5, 0.6) is 0 Å². The molecule has 2 amide bonds. The van der Waals surface area contributed by atoms with E-state index >= 15 is 0 Å². The molecule has 0 saturated carbocycles. The van der Waals surface area contributed by atoms with Crippen molar-refractivity contribution in [3.05, 3.63) is 69.3 Å². The lowest BCUT2D eigenvalue weighted by Gasteiger charge is -2.36. The Balaban J connectivity index is 1.14. The number of carbonyl (C=O) groups is 2. The summed E-state index contributed by atoms with van der Waals surface area (Å²) in [5.41, 5.74) is 3.82. The number of carbonyl (C=O) groups excluding carboxylic acids is 2. The fraction of sp³-hybridized carbons (Fsp3) is 0.500. The number of para-hydroxylation sites is 1. The molecule has 40 heavy (non-hydrogen) atoms. The van der Waals surface area contributed by atoms with E-state index in [2.05, 4.69) is 16.0 Å². The second-order valence-electron chi connectivity index (χ2n) is 11.7. The Morgan fingerprint density at radius 2 is 1.45 bits per heavy atom. The fourth-order valence-electron chi connectivity index (χ4n) is 6.91. The van der Waals surface area contributed by atoms with Crippen LogP contribution >= 0.6 is 23.2 Å². The third-order valence-corrected chi connectivity index (χ3v) is 9.86. The maximum absolute atomic E-state index is 13.9. The molecule has 6 nitrogen and oxygen atoms in total. The number of likely N-dealkylation sites (tertiary alicyclic amines) is 3. The molecule has 0 aliphatic carbocycles. The van der Waals surface area contributed by atoms with Crippen molar-refractivity contribution in [1.82, 2.24) is 19.7 Å². The summed E-state index contributed by atoms with van der Waals surface area (Å²) in [6, 6.07) is 13.9. The van der Waals surface area contributed by atoms with Gasteiger partial charge in [-0.2, -0.15) is 0 Å². The van der Waals surface area contributed by atoms with Gasteiger partial charge in [0, 0.05) is 65.2 Å². The van der Waals surface area contributed by atoms with Crippen molar-refractivity contribution >= 4 is 45.9 Å². The number of hydrogen-bond donors (Lipinski definition) is 1. The van der Waals surface area contributed by atoms with Crippen LogP contribution < -0.4 is 0 Å². The van der Waals surface area contributed by atoms with Gasteiger partial charge in [0.1, 0.15) is 5.69 Å². The molecule has 0 radical (unpaired) electrons. The molecule has 0 unspecified atom stereocenters. The molecular formula is C32H38Cl2N4O2. The number of rotatable bonds is 5. The average Bonchev–Trinajstić information content (AvgIpc) is 3.36. The molecule has 2 aromatic carbocycles. The average molecular weight is 582 g/mol. The Bertz CT molecular complexity index is 1350. The summed E-state index contributed by atoms with van der Waals surface area (Å²) < 4.78 is 0. The monoisotopic (exact) mass is 580 g/mol. The highest BCUT2D eigenvalue weighted by Gasteiger charge is 2.33. The third kappa shape index (κ3) is 5.63. The van der Waals surface area contributed by atoms with Gasteiger partial charge in [0.05, 0.1) is 0 Å². The summed E-state index contributed by atoms with van der Waals surface area (Å²) >= 11 is 13.0. The van der Waals surface area contributed by atoms with Crippen molar-refractivity contribution in [3.8, 4) is 0 Å². The molecule has 3 fully saturated rings. The number of aromatic nitrogens is 1. The minimum absolute atomic E-state index is 0.0391. The largest absolute Gasteiger partial charge is 0.350 e. The lowest BCUT2D eigenvalue weighted by atomic mass is 9.89. The number of amides is 2. The molecular weight excluding hydrogens is 543 g/mol. The van der Waals surface area contributed by atoms with Gasteiger partial charge >= 0.3 is 0 Å². The van der Waals surface area contributed by atoms with Gasteiger partial charge in [0.2, 0.25) is 5.91 Å². The Morgan fingerprint density at radius 1 is 0.775 bits per heavy atom. The molecule has 0 spiro atoms. The van der Waals surface area contributed by atoms with Gasteiger partial charge in [-0.05, 0) is 87.7 Å². The van der Waals surface area contributed by atoms with Crippen molar-refractivity contribution in [1.29, 1.82) is 0 Å². The number of fused-ring (bicyclic) bond motifs is 1. The summed E-state index contributed by atoms with van der Waals surface area (Å²) in [5.74, 6) is 0.722. The summed E-state index contributed by atoms with van der Waals surface area (Å²) in [7, 11) is 0. The second-order valence-corrected chi connectivity index (χ2v) is 12.5. The minimum atomic E-state index is 0.0391. The van der Waals surface area contributed by atoms with Crippen LogP contribution in [0.25, 0.3) is 10.9 Å². The zero-order chi connectivity index (χ0) is 27.6. The summed E-state index contributed by atoms with van der Waals surface area (Å²) in [6.07, 6.45) is 6.89. The molecule has 6 rings (SSSR count). The van der Waals surface area contributed by atoms with Crippen LogP contribution in [0.15, 0.2) is 42.5 Å². The topological polar surface area (TPSA) is 59.7 Å². The highest BCUT2D eigenvalue weighted by atomic mass is 35.5. The van der Waals surface area contributed by atoms with E-state index in [1.165, 1.54) is 6.42 Å². The summed E-state index contributed by atoms with van der Waals surface area (Å²) in [4.78, 5) is 36.8. The lowest BCUT2D eigenvalue weighted by molar-refractivity contribution is -0.137. The number of benzene rings is 2. The zero-order valence-electron chi connectivity index (χ0n) is 23.0. The molecule has 212 valence electrons. The van der Waals surface area contributed by atoms with Crippen LogP contribution in [0.3, 0.4) is 0 Å². The Labute approximate surface area is 246 Å². The van der Waals surface area contributed by atoms with Crippen LogP contribution in [0.2, 0.25) is 10.0 Å². The van der Waals surface area contributed by atoms with E-state index in [-0.39, 0.29) is 11.8 Å². The predicted molar refractivity (Wildman–Crippen MR) is 161 cm³/mol. The minimum Gasteiger partial charge on any atom is -0.350 e. The number of hydrogen-bond acceptors (Lipinski definition) is 3. The Hall–Kier alpha value is -2.54. The number of piperidine rings is 3. The van der Waals surface area contributed by atoms with Crippen LogP contribution in [0, 0.1) is 5.92 Å². The van der Waals surface area contributed by atoms with Gasteiger partial charge in [-0.25, -0.2) is 0 Å². The molecule has 1 N–H and O–H groups in total. The van der Waals surface area contributed by atoms with Crippen molar-refractivity contribution in [2.75, 3.05) is 39.3 Å². The van der Waals surface area contributed by atoms with Crippen LogP contribution in [0.1, 0.15) is 72.5 Å². The highest BCUT2D eigenvalue weighted by Crippen LogP contribution is 2.38. The summed E-state index contributed by atoms with van der Waals surface area (Å²) in [5, 5.41) is 2.60. The first kappa shape index (κ1) is 27.6. The van der Waals surface area contributed by atoms with Crippen molar-refractivity contribution < 1.29 is 9.59 Å².